The molecule has 0 unspecified atom stereocenters. The zero-order chi connectivity index (χ0) is 13.7. The van der Waals surface area contributed by atoms with Crippen LogP contribution in [0.15, 0.2) is 12.1 Å². The maximum atomic E-state index is 11.5. The summed E-state index contributed by atoms with van der Waals surface area (Å²) in [5, 5.41) is 13.1. The van der Waals surface area contributed by atoms with Crippen molar-refractivity contribution in [2.45, 2.75) is 20.0 Å². The first-order valence-corrected chi connectivity index (χ1v) is 5.50. The summed E-state index contributed by atoms with van der Waals surface area (Å²) in [5.74, 6) is -0.716. The highest BCUT2D eigenvalue weighted by molar-refractivity contribution is 6.29. The lowest BCUT2D eigenvalue weighted by Gasteiger charge is -2.08. The number of carbonyl (C=O) groups is 1. The molecule has 0 saturated heterocycles. The Morgan fingerprint density at radius 2 is 2.28 bits per heavy atom. The molecule has 0 aromatic carbocycles. The first-order valence-electron chi connectivity index (χ1n) is 5.12. The molecule has 1 N–H and O–H groups in total. The third kappa shape index (κ3) is 4.27. The average Bonchev–Trinajstić information content (AvgIpc) is 2.26. The molecule has 0 aliphatic heterocycles. The van der Waals surface area contributed by atoms with Gasteiger partial charge in [-0.1, -0.05) is 11.6 Å². The summed E-state index contributed by atoms with van der Waals surface area (Å²) < 4.78 is 5.06. The Morgan fingerprint density at radius 1 is 1.61 bits per heavy atom. The van der Waals surface area contributed by atoms with Crippen LogP contribution in [-0.4, -0.2) is 28.5 Å². The summed E-state index contributed by atoms with van der Waals surface area (Å²) >= 11 is 5.62. The molecule has 98 valence electrons. The predicted molar refractivity (Wildman–Crippen MR) is 65.6 cm³/mol. The van der Waals surface area contributed by atoms with Crippen LogP contribution in [0.1, 0.15) is 13.8 Å². The van der Waals surface area contributed by atoms with Gasteiger partial charge in [-0.25, -0.2) is 4.98 Å². The van der Waals surface area contributed by atoms with Crippen molar-refractivity contribution in [3.05, 3.63) is 27.4 Å². The van der Waals surface area contributed by atoms with Crippen LogP contribution in [0.5, 0.6) is 0 Å². The molecule has 18 heavy (non-hydrogen) atoms. The molecular formula is C10H12ClN3O4. The smallest absolute Gasteiger partial charge is 0.311 e. The van der Waals surface area contributed by atoms with Crippen molar-refractivity contribution in [3.63, 3.8) is 0 Å². The fourth-order valence-corrected chi connectivity index (χ4v) is 1.23. The molecule has 0 saturated carbocycles. The zero-order valence-corrected chi connectivity index (χ0v) is 10.6. The normalized spacial score (nSPS) is 10.4. The van der Waals surface area contributed by atoms with Crippen LogP contribution in [-0.2, 0) is 9.53 Å². The Labute approximate surface area is 108 Å². The number of amides is 1. The maximum Gasteiger partial charge on any atom is 0.311 e. The monoisotopic (exact) mass is 273 g/mol. The van der Waals surface area contributed by atoms with Crippen LogP contribution in [0.4, 0.5) is 11.5 Å². The van der Waals surface area contributed by atoms with Gasteiger partial charge in [0.25, 0.3) is 5.91 Å². The number of rotatable bonds is 5. The minimum atomic E-state index is -0.651. The average molecular weight is 274 g/mol. The van der Waals surface area contributed by atoms with Crippen LogP contribution in [0.25, 0.3) is 0 Å². The number of aromatic nitrogens is 1. The third-order valence-electron chi connectivity index (χ3n) is 1.84. The van der Waals surface area contributed by atoms with Gasteiger partial charge in [0.05, 0.1) is 11.0 Å². The van der Waals surface area contributed by atoms with Gasteiger partial charge >= 0.3 is 5.69 Å². The number of ether oxygens (including phenoxy) is 1. The van der Waals surface area contributed by atoms with Gasteiger partial charge in [0.2, 0.25) is 5.82 Å². The summed E-state index contributed by atoms with van der Waals surface area (Å²) in [7, 11) is 0. The lowest BCUT2D eigenvalue weighted by Crippen LogP contribution is -2.21. The van der Waals surface area contributed by atoms with E-state index >= 15 is 0 Å². The van der Waals surface area contributed by atoms with Crippen molar-refractivity contribution < 1.29 is 14.5 Å². The highest BCUT2D eigenvalue weighted by Crippen LogP contribution is 2.23. The van der Waals surface area contributed by atoms with Gasteiger partial charge in [-0.15, -0.1) is 0 Å². The lowest BCUT2D eigenvalue weighted by atomic mass is 10.4. The molecule has 8 heteroatoms. The third-order valence-corrected chi connectivity index (χ3v) is 2.05. The molecule has 1 rings (SSSR count). The van der Waals surface area contributed by atoms with Gasteiger partial charge in [-0.2, -0.15) is 0 Å². The number of carbonyl (C=O) groups excluding carboxylic acids is 1. The molecule has 1 heterocycles. The van der Waals surface area contributed by atoms with Crippen molar-refractivity contribution >= 4 is 29.0 Å². The summed E-state index contributed by atoms with van der Waals surface area (Å²) in [6.45, 7) is 3.34. The van der Waals surface area contributed by atoms with Gasteiger partial charge in [0, 0.05) is 6.07 Å². The molecule has 0 spiro atoms. The fourth-order valence-electron chi connectivity index (χ4n) is 1.08. The fraction of sp³-hybridized carbons (Fsp3) is 0.400. The van der Waals surface area contributed by atoms with E-state index in [0.29, 0.717) is 0 Å². The van der Waals surface area contributed by atoms with Crippen LogP contribution < -0.4 is 5.32 Å². The molecule has 1 amide bonds. The second kappa shape index (κ2) is 6.27. The molecule has 1 aromatic heterocycles. The summed E-state index contributed by atoms with van der Waals surface area (Å²) in [4.78, 5) is 25.2. The van der Waals surface area contributed by atoms with E-state index in [1.54, 1.807) is 13.8 Å². The van der Waals surface area contributed by atoms with E-state index in [-0.39, 0.29) is 29.4 Å². The zero-order valence-electron chi connectivity index (χ0n) is 9.84. The highest BCUT2D eigenvalue weighted by atomic mass is 35.5. The van der Waals surface area contributed by atoms with E-state index in [2.05, 4.69) is 10.3 Å². The molecule has 0 bridgehead atoms. The van der Waals surface area contributed by atoms with Crippen molar-refractivity contribution in [2.24, 2.45) is 0 Å². The molecular weight excluding hydrogens is 262 g/mol. The van der Waals surface area contributed by atoms with E-state index in [1.165, 1.54) is 12.1 Å². The molecule has 0 fully saturated rings. The van der Waals surface area contributed by atoms with Gasteiger partial charge in [0.15, 0.2) is 0 Å². The van der Waals surface area contributed by atoms with E-state index in [4.69, 9.17) is 16.3 Å². The number of hydrogen-bond acceptors (Lipinski definition) is 5. The van der Waals surface area contributed by atoms with E-state index < -0.39 is 10.8 Å². The maximum absolute atomic E-state index is 11.5. The minimum Gasteiger partial charge on any atom is -0.369 e. The van der Waals surface area contributed by atoms with Crippen molar-refractivity contribution in [1.82, 2.24) is 4.98 Å². The number of hydrogen-bond donors (Lipinski definition) is 1. The number of pyridine rings is 1. The quantitative estimate of drug-likeness (QED) is 0.503. The van der Waals surface area contributed by atoms with Gasteiger partial charge in [0.1, 0.15) is 11.8 Å². The second-order valence-corrected chi connectivity index (χ2v) is 4.05. The number of nitrogens with zero attached hydrogens (tertiary/aromatic N) is 2. The Morgan fingerprint density at radius 3 is 2.83 bits per heavy atom. The van der Waals surface area contributed by atoms with E-state index in [9.17, 15) is 14.9 Å². The molecule has 1 aromatic rings. The van der Waals surface area contributed by atoms with E-state index in [0.717, 1.165) is 0 Å². The standard InChI is InChI=1S/C10H12ClN3O4/c1-6(2)18-5-9(15)13-10-7(14(16)17)3-4-8(11)12-10/h3-4,6H,5H2,1-2H3,(H,12,13,15). The van der Waals surface area contributed by atoms with E-state index in [1.807, 2.05) is 0 Å². The Bertz CT molecular complexity index is 464. The molecule has 0 radical (unpaired) electrons. The predicted octanol–water partition coefficient (Wildman–Crippen LogP) is 2.01. The van der Waals surface area contributed by atoms with Crippen molar-refractivity contribution in [1.29, 1.82) is 0 Å². The second-order valence-electron chi connectivity index (χ2n) is 3.67. The lowest BCUT2D eigenvalue weighted by molar-refractivity contribution is -0.384. The van der Waals surface area contributed by atoms with Crippen molar-refractivity contribution in [3.8, 4) is 0 Å². The van der Waals surface area contributed by atoms with Crippen LogP contribution in [0.3, 0.4) is 0 Å². The first-order chi connectivity index (χ1) is 8.40. The largest absolute Gasteiger partial charge is 0.369 e. The number of anilines is 1. The minimum absolute atomic E-state index is 0.0562. The summed E-state index contributed by atoms with van der Waals surface area (Å²) in [6, 6.07) is 2.45. The van der Waals surface area contributed by atoms with Gasteiger partial charge in [-0.3, -0.25) is 14.9 Å². The number of nitrogens with one attached hydrogen (secondary N) is 1. The molecule has 0 aliphatic carbocycles. The van der Waals surface area contributed by atoms with Crippen LogP contribution >= 0.6 is 11.6 Å². The number of halogens is 1. The van der Waals surface area contributed by atoms with Crippen LogP contribution in [0.2, 0.25) is 5.15 Å². The molecule has 7 nitrogen and oxygen atoms in total. The molecule has 0 atom stereocenters. The van der Waals surface area contributed by atoms with Gasteiger partial charge < -0.3 is 10.1 Å². The number of nitro groups is 1. The summed E-state index contributed by atoms with van der Waals surface area (Å²) in [5.41, 5.74) is -0.322. The van der Waals surface area contributed by atoms with Crippen LogP contribution in [0, 0.1) is 10.1 Å². The Kier molecular flexibility index (Phi) is 4.99. The Balaban J connectivity index is 2.79. The highest BCUT2D eigenvalue weighted by Gasteiger charge is 2.18. The van der Waals surface area contributed by atoms with Crippen molar-refractivity contribution in [2.75, 3.05) is 11.9 Å². The topological polar surface area (TPSA) is 94.4 Å². The molecule has 0 aliphatic rings. The summed E-state index contributed by atoms with van der Waals surface area (Å²) in [6.07, 6.45) is -0.113. The first kappa shape index (κ1) is 14.3. The van der Waals surface area contributed by atoms with Gasteiger partial charge in [-0.05, 0) is 19.9 Å². The Hall–Kier alpha value is -1.73. The SMILES string of the molecule is CC(C)OCC(=O)Nc1nc(Cl)ccc1[N+](=O)[O-].